The third-order valence-electron chi connectivity index (χ3n) is 5.95. The summed E-state index contributed by atoms with van der Waals surface area (Å²) in [6.07, 6.45) is 1.33. The second kappa shape index (κ2) is 7.20. The molecule has 0 heterocycles. The maximum atomic E-state index is 11.7. The van der Waals surface area contributed by atoms with E-state index < -0.39 is 11.5 Å². The average molecular weight is 374 g/mol. The fourth-order valence-electron chi connectivity index (χ4n) is 4.68. The van der Waals surface area contributed by atoms with Crippen molar-refractivity contribution in [2.75, 3.05) is 0 Å². The van der Waals surface area contributed by atoms with Crippen molar-refractivity contribution in [2.45, 2.75) is 11.5 Å². The molecule has 0 saturated heterocycles. The van der Waals surface area contributed by atoms with Gasteiger partial charge < -0.3 is 5.11 Å². The Kier molecular flexibility index (Phi) is 4.38. The van der Waals surface area contributed by atoms with Crippen LogP contribution in [0.3, 0.4) is 0 Å². The van der Waals surface area contributed by atoms with E-state index >= 15 is 0 Å². The molecule has 29 heavy (non-hydrogen) atoms. The summed E-state index contributed by atoms with van der Waals surface area (Å²) in [5, 5.41) is 11.7. The van der Waals surface area contributed by atoms with E-state index in [0.29, 0.717) is 0 Å². The van der Waals surface area contributed by atoms with Crippen molar-refractivity contribution in [1.82, 2.24) is 0 Å². The first-order valence-electron chi connectivity index (χ1n) is 9.98. The van der Waals surface area contributed by atoms with E-state index in [1.165, 1.54) is 0 Å². The Morgan fingerprint density at radius 2 is 1.03 bits per heavy atom. The fraction of sp³-hybridized carbons (Fsp3) is 0.0714. The summed E-state index contributed by atoms with van der Waals surface area (Å²) in [6, 6.07) is 39.5. The number of hydrogen-bond donors (Lipinski definition) is 1. The van der Waals surface area contributed by atoms with Crippen molar-refractivity contribution in [3.63, 3.8) is 0 Å². The summed E-state index contributed by atoms with van der Waals surface area (Å²) in [5.74, 6) is 0. The summed E-state index contributed by atoms with van der Waals surface area (Å²) in [4.78, 5) is 0. The van der Waals surface area contributed by atoms with E-state index in [0.717, 1.165) is 33.4 Å². The molecule has 0 saturated carbocycles. The zero-order chi connectivity index (χ0) is 19.7. The maximum Gasteiger partial charge on any atom is 0.0908 e. The van der Waals surface area contributed by atoms with Gasteiger partial charge in [0.05, 0.1) is 11.5 Å². The Bertz CT molecular complexity index is 1110. The average Bonchev–Trinajstić information content (AvgIpc) is 2.80. The van der Waals surface area contributed by atoms with Crippen LogP contribution in [0.5, 0.6) is 0 Å². The molecule has 0 spiro atoms. The van der Waals surface area contributed by atoms with Crippen LogP contribution in [0.25, 0.3) is 5.57 Å². The van der Waals surface area contributed by atoms with Gasteiger partial charge in [0.25, 0.3) is 0 Å². The van der Waals surface area contributed by atoms with Crippen LogP contribution in [-0.2, 0) is 5.41 Å². The van der Waals surface area contributed by atoms with Crippen LogP contribution in [0.4, 0.5) is 0 Å². The molecule has 1 atom stereocenters. The van der Waals surface area contributed by atoms with E-state index in [-0.39, 0.29) is 0 Å². The number of rotatable bonds is 3. The Morgan fingerprint density at radius 1 is 0.552 bits per heavy atom. The van der Waals surface area contributed by atoms with Gasteiger partial charge in [-0.05, 0) is 39.5 Å². The number of benzene rings is 4. The van der Waals surface area contributed by atoms with Crippen molar-refractivity contribution in [3.05, 3.63) is 149 Å². The van der Waals surface area contributed by atoms with Gasteiger partial charge in [-0.15, -0.1) is 0 Å². The van der Waals surface area contributed by atoms with Crippen molar-refractivity contribution in [1.29, 1.82) is 0 Å². The highest BCUT2D eigenvalue weighted by atomic mass is 16.3. The summed E-state index contributed by atoms with van der Waals surface area (Å²) < 4.78 is 0. The molecule has 5 rings (SSSR count). The molecule has 140 valence electrons. The van der Waals surface area contributed by atoms with Crippen molar-refractivity contribution >= 4 is 5.57 Å². The first kappa shape index (κ1) is 17.7. The zero-order valence-corrected chi connectivity index (χ0v) is 16.1. The lowest BCUT2D eigenvalue weighted by Crippen LogP contribution is -2.43. The van der Waals surface area contributed by atoms with E-state index in [1.54, 1.807) is 0 Å². The predicted octanol–water partition coefficient (Wildman–Crippen LogP) is 5.83. The Labute approximate surface area is 171 Å². The van der Waals surface area contributed by atoms with E-state index in [2.05, 4.69) is 60.7 Å². The van der Waals surface area contributed by atoms with Gasteiger partial charge in [0.2, 0.25) is 0 Å². The first-order chi connectivity index (χ1) is 14.3. The van der Waals surface area contributed by atoms with E-state index in [1.807, 2.05) is 60.7 Å². The SMILES string of the molecule is OC1C=C(c2ccccc2)c2ccccc2C1(c1ccccc1)c1ccccc1. The minimum Gasteiger partial charge on any atom is -0.387 e. The Hall–Kier alpha value is -3.42. The molecule has 0 amide bonds. The van der Waals surface area contributed by atoms with Crippen LogP contribution in [0.1, 0.15) is 27.8 Å². The van der Waals surface area contributed by atoms with Gasteiger partial charge in [-0.2, -0.15) is 0 Å². The van der Waals surface area contributed by atoms with Crippen LogP contribution in [-0.4, -0.2) is 11.2 Å². The van der Waals surface area contributed by atoms with Crippen LogP contribution >= 0.6 is 0 Å². The van der Waals surface area contributed by atoms with Gasteiger partial charge in [0, 0.05) is 0 Å². The maximum absolute atomic E-state index is 11.7. The minimum atomic E-state index is -0.697. The van der Waals surface area contributed by atoms with Crippen molar-refractivity contribution < 1.29 is 5.11 Å². The topological polar surface area (TPSA) is 20.2 Å². The highest BCUT2D eigenvalue weighted by Gasteiger charge is 2.46. The van der Waals surface area contributed by atoms with Gasteiger partial charge in [-0.3, -0.25) is 0 Å². The molecule has 1 nitrogen and oxygen atoms in total. The molecule has 0 radical (unpaired) electrons. The smallest absolute Gasteiger partial charge is 0.0908 e. The third-order valence-corrected chi connectivity index (χ3v) is 5.95. The normalized spacial score (nSPS) is 17.3. The Balaban J connectivity index is 1.85. The second-order valence-corrected chi connectivity index (χ2v) is 7.48. The molecule has 1 aliphatic rings. The predicted molar refractivity (Wildman–Crippen MR) is 119 cm³/mol. The summed E-state index contributed by atoms with van der Waals surface area (Å²) in [6.45, 7) is 0. The summed E-state index contributed by atoms with van der Waals surface area (Å²) >= 11 is 0. The highest BCUT2D eigenvalue weighted by Crippen LogP contribution is 2.49. The molecule has 1 unspecified atom stereocenters. The molecule has 0 bridgehead atoms. The van der Waals surface area contributed by atoms with E-state index in [4.69, 9.17) is 0 Å². The first-order valence-corrected chi connectivity index (χ1v) is 9.98. The molecule has 1 aliphatic carbocycles. The van der Waals surface area contributed by atoms with Crippen LogP contribution in [0.2, 0.25) is 0 Å². The quantitative estimate of drug-likeness (QED) is 0.478. The number of aliphatic hydroxyl groups excluding tert-OH is 1. The van der Waals surface area contributed by atoms with Crippen LogP contribution < -0.4 is 0 Å². The minimum absolute atomic E-state index is 0.655. The fourth-order valence-corrected chi connectivity index (χ4v) is 4.68. The van der Waals surface area contributed by atoms with Gasteiger partial charge in [-0.1, -0.05) is 115 Å². The zero-order valence-electron chi connectivity index (χ0n) is 16.1. The number of hydrogen-bond acceptors (Lipinski definition) is 1. The summed E-state index contributed by atoms with van der Waals surface area (Å²) in [7, 11) is 0. The molecule has 0 aliphatic heterocycles. The molecular formula is C28H22O. The molecular weight excluding hydrogens is 352 g/mol. The van der Waals surface area contributed by atoms with Crippen molar-refractivity contribution in [3.8, 4) is 0 Å². The monoisotopic (exact) mass is 374 g/mol. The van der Waals surface area contributed by atoms with Gasteiger partial charge in [0.1, 0.15) is 0 Å². The molecule has 1 N–H and O–H groups in total. The number of aliphatic hydroxyl groups is 1. The number of fused-ring (bicyclic) bond motifs is 1. The van der Waals surface area contributed by atoms with Gasteiger partial charge in [-0.25, -0.2) is 0 Å². The Morgan fingerprint density at radius 3 is 1.62 bits per heavy atom. The molecule has 4 aromatic rings. The lowest BCUT2D eigenvalue weighted by Gasteiger charge is -2.43. The lowest BCUT2D eigenvalue weighted by atomic mass is 9.61. The molecule has 4 aromatic carbocycles. The molecule has 1 heteroatoms. The summed E-state index contributed by atoms with van der Waals surface area (Å²) in [5.41, 5.74) is 6.02. The van der Waals surface area contributed by atoms with Crippen molar-refractivity contribution in [2.24, 2.45) is 0 Å². The highest BCUT2D eigenvalue weighted by molar-refractivity contribution is 5.86. The van der Waals surface area contributed by atoms with Gasteiger partial charge in [0.15, 0.2) is 0 Å². The molecule has 0 fully saturated rings. The lowest BCUT2D eigenvalue weighted by molar-refractivity contribution is 0.166. The third kappa shape index (κ3) is 2.74. The molecule has 0 aromatic heterocycles. The largest absolute Gasteiger partial charge is 0.387 e. The standard InChI is InChI=1S/C28H22O/c29-27-20-25(21-12-4-1-5-13-21)24-18-10-11-19-26(24)28(27,22-14-6-2-7-15-22)23-16-8-3-9-17-23/h1-20,27,29H. The van der Waals surface area contributed by atoms with E-state index in [9.17, 15) is 5.11 Å². The van der Waals surface area contributed by atoms with Gasteiger partial charge >= 0.3 is 0 Å². The second-order valence-electron chi connectivity index (χ2n) is 7.48. The van der Waals surface area contributed by atoms with Crippen LogP contribution in [0, 0.1) is 0 Å². The van der Waals surface area contributed by atoms with Crippen LogP contribution in [0.15, 0.2) is 121 Å².